The van der Waals surface area contributed by atoms with Gasteiger partial charge in [-0.05, 0) is 13.3 Å². The minimum Gasteiger partial charge on any atom is -0.478 e. The molecule has 0 aliphatic rings. The van der Waals surface area contributed by atoms with E-state index in [4.69, 9.17) is 11.5 Å². The Bertz CT molecular complexity index is 452. The standard InChI is InChI=1S/C12H15N3O2/c1-4-6-9(5-2)15-12-13-7-10(11(16)17)8(3)14-12/h1,7,9H,5-6H2,2-3H3,(H,16,17)(H,13,14,15). The van der Waals surface area contributed by atoms with Gasteiger partial charge < -0.3 is 10.4 Å². The first-order valence-corrected chi connectivity index (χ1v) is 5.35. The van der Waals surface area contributed by atoms with Crippen molar-refractivity contribution >= 4 is 11.9 Å². The minimum atomic E-state index is -1.02. The fourth-order valence-electron chi connectivity index (χ4n) is 1.37. The van der Waals surface area contributed by atoms with Crippen molar-refractivity contribution in [3.63, 3.8) is 0 Å². The highest BCUT2D eigenvalue weighted by Crippen LogP contribution is 2.10. The van der Waals surface area contributed by atoms with E-state index in [9.17, 15) is 4.79 Å². The molecule has 17 heavy (non-hydrogen) atoms. The van der Waals surface area contributed by atoms with Gasteiger partial charge in [0, 0.05) is 18.7 Å². The van der Waals surface area contributed by atoms with Crippen LogP contribution in [0.4, 0.5) is 5.95 Å². The summed E-state index contributed by atoms with van der Waals surface area (Å²) in [5.41, 5.74) is 0.547. The molecule has 1 aromatic rings. The smallest absolute Gasteiger partial charge is 0.339 e. The van der Waals surface area contributed by atoms with E-state index in [2.05, 4.69) is 21.2 Å². The first-order valence-electron chi connectivity index (χ1n) is 5.35. The maximum Gasteiger partial charge on any atom is 0.339 e. The van der Waals surface area contributed by atoms with Gasteiger partial charge in [0.2, 0.25) is 5.95 Å². The van der Waals surface area contributed by atoms with Crippen LogP contribution in [0.2, 0.25) is 0 Å². The summed E-state index contributed by atoms with van der Waals surface area (Å²) in [4.78, 5) is 18.8. The number of hydrogen-bond acceptors (Lipinski definition) is 4. The zero-order chi connectivity index (χ0) is 12.8. The summed E-state index contributed by atoms with van der Waals surface area (Å²) in [7, 11) is 0. The summed E-state index contributed by atoms with van der Waals surface area (Å²) in [6.07, 6.45) is 7.98. The normalized spacial score (nSPS) is 11.6. The van der Waals surface area contributed by atoms with E-state index in [0.717, 1.165) is 6.42 Å². The Morgan fingerprint density at radius 3 is 2.88 bits per heavy atom. The molecular weight excluding hydrogens is 218 g/mol. The molecule has 1 unspecified atom stereocenters. The van der Waals surface area contributed by atoms with Crippen LogP contribution >= 0.6 is 0 Å². The average molecular weight is 233 g/mol. The molecule has 0 radical (unpaired) electrons. The second kappa shape index (κ2) is 5.85. The number of anilines is 1. The number of carbonyl (C=O) groups is 1. The van der Waals surface area contributed by atoms with Gasteiger partial charge in [-0.3, -0.25) is 0 Å². The molecule has 90 valence electrons. The molecule has 0 saturated heterocycles. The summed E-state index contributed by atoms with van der Waals surface area (Å²) in [6, 6.07) is 0.107. The van der Waals surface area contributed by atoms with Crippen molar-refractivity contribution in [1.29, 1.82) is 0 Å². The van der Waals surface area contributed by atoms with Crippen molar-refractivity contribution in [2.75, 3.05) is 5.32 Å². The Morgan fingerprint density at radius 1 is 1.71 bits per heavy atom. The van der Waals surface area contributed by atoms with Crippen LogP contribution in [0.1, 0.15) is 35.8 Å². The Morgan fingerprint density at radius 2 is 2.41 bits per heavy atom. The molecule has 0 bridgehead atoms. The van der Waals surface area contributed by atoms with Gasteiger partial charge >= 0.3 is 5.97 Å². The summed E-state index contributed by atoms with van der Waals surface area (Å²) in [5.74, 6) is 1.96. The zero-order valence-corrected chi connectivity index (χ0v) is 9.90. The molecule has 1 atom stereocenters. The number of nitrogens with zero attached hydrogens (tertiary/aromatic N) is 2. The molecule has 0 fully saturated rings. The lowest BCUT2D eigenvalue weighted by Gasteiger charge is -2.14. The van der Waals surface area contributed by atoms with E-state index in [-0.39, 0.29) is 11.6 Å². The fourth-order valence-corrected chi connectivity index (χ4v) is 1.37. The molecule has 2 N–H and O–H groups in total. The molecule has 0 spiro atoms. The third-order valence-electron chi connectivity index (χ3n) is 2.40. The predicted molar refractivity (Wildman–Crippen MR) is 64.9 cm³/mol. The van der Waals surface area contributed by atoms with Gasteiger partial charge in [0.1, 0.15) is 0 Å². The minimum absolute atomic E-state index is 0.107. The number of rotatable bonds is 5. The van der Waals surface area contributed by atoms with Gasteiger partial charge in [0.25, 0.3) is 0 Å². The van der Waals surface area contributed by atoms with Crippen molar-refractivity contribution in [2.24, 2.45) is 0 Å². The van der Waals surface area contributed by atoms with Gasteiger partial charge in [0.05, 0.1) is 11.3 Å². The van der Waals surface area contributed by atoms with E-state index in [1.165, 1.54) is 6.20 Å². The molecular formula is C12H15N3O2. The van der Waals surface area contributed by atoms with Crippen LogP contribution in [0.5, 0.6) is 0 Å². The van der Waals surface area contributed by atoms with Crippen molar-refractivity contribution in [3.8, 4) is 12.3 Å². The summed E-state index contributed by atoms with van der Waals surface area (Å²) in [5, 5.41) is 11.9. The largest absolute Gasteiger partial charge is 0.478 e. The summed E-state index contributed by atoms with van der Waals surface area (Å²) < 4.78 is 0. The van der Waals surface area contributed by atoms with Crippen LogP contribution in [-0.2, 0) is 0 Å². The number of nitrogens with one attached hydrogen (secondary N) is 1. The number of aromatic nitrogens is 2. The van der Waals surface area contributed by atoms with Gasteiger partial charge in [0.15, 0.2) is 0 Å². The molecule has 0 aromatic carbocycles. The quantitative estimate of drug-likeness (QED) is 0.757. The zero-order valence-electron chi connectivity index (χ0n) is 9.90. The van der Waals surface area contributed by atoms with Crippen molar-refractivity contribution in [3.05, 3.63) is 17.5 Å². The van der Waals surface area contributed by atoms with E-state index >= 15 is 0 Å². The van der Waals surface area contributed by atoms with Crippen LogP contribution in [0, 0.1) is 19.3 Å². The fraction of sp³-hybridized carbons (Fsp3) is 0.417. The van der Waals surface area contributed by atoms with Gasteiger partial charge in [-0.2, -0.15) is 0 Å². The highest BCUT2D eigenvalue weighted by Gasteiger charge is 2.11. The number of aromatic carboxylic acids is 1. The highest BCUT2D eigenvalue weighted by molar-refractivity contribution is 5.88. The Hall–Kier alpha value is -2.09. The molecule has 1 heterocycles. The lowest BCUT2D eigenvalue weighted by Crippen LogP contribution is -2.20. The average Bonchev–Trinajstić information content (AvgIpc) is 2.28. The van der Waals surface area contributed by atoms with E-state index in [0.29, 0.717) is 18.1 Å². The van der Waals surface area contributed by atoms with Crippen molar-refractivity contribution in [2.45, 2.75) is 32.7 Å². The number of terminal acetylenes is 1. The number of carboxylic acids is 1. The Labute approximate surface area is 100 Å². The first-order chi connectivity index (χ1) is 8.08. The van der Waals surface area contributed by atoms with Gasteiger partial charge in [-0.1, -0.05) is 6.92 Å². The maximum absolute atomic E-state index is 10.8. The van der Waals surface area contributed by atoms with Gasteiger partial charge in [-0.15, -0.1) is 12.3 Å². The van der Waals surface area contributed by atoms with Gasteiger partial charge in [-0.25, -0.2) is 14.8 Å². The topological polar surface area (TPSA) is 75.1 Å². The van der Waals surface area contributed by atoms with Crippen LogP contribution in [-0.4, -0.2) is 27.1 Å². The van der Waals surface area contributed by atoms with Crippen LogP contribution in [0.25, 0.3) is 0 Å². The molecule has 1 aromatic heterocycles. The molecule has 0 saturated carbocycles. The highest BCUT2D eigenvalue weighted by atomic mass is 16.4. The predicted octanol–water partition coefficient (Wildman–Crippen LogP) is 1.70. The molecule has 1 rings (SSSR count). The van der Waals surface area contributed by atoms with Crippen LogP contribution in [0.3, 0.4) is 0 Å². The maximum atomic E-state index is 10.8. The lowest BCUT2D eigenvalue weighted by molar-refractivity contribution is 0.0695. The second-order valence-corrected chi connectivity index (χ2v) is 3.66. The monoisotopic (exact) mass is 233 g/mol. The third-order valence-corrected chi connectivity index (χ3v) is 2.40. The summed E-state index contributed by atoms with van der Waals surface area (Å²) in [6.45, 7) is 3.64. The first kappa shape index (κ1) is 13.0. The Kier molecular flexibility index (Phi) is 4.46. The van der Waals surface area contributed by atoms with Crippen molar-refractivity contribution in [1.82, 2.24) is 9.97 Å². The third kappa shape index (κ3) is 3.45. The second-order valence-electron chi connectivity index (χ2n) is 3.66. The molecule has 0 aliphatic heterocycles. The van der Waals surface area contributed by atoms with Crippen molar-refractivity contribution < 1.29 is 9.90 Å². The molecule has 0 amide bonds. The molecule has 5 nitrogen and oxygen atoms in total. The molecule has 5 heteroatoms. The number of carboxylic acid groups (broad SMARTS) is 1. The number of hydrogen-bond donors (Lipinski definition) is 2. The van der Waals surface area contributed by atoms with E-state index < -0.39 is 5.97 Å². The Balaban J connectivity index is 2.84. The van der Waals surface area contributed by atoms with E-state index in [1.54, 1.807) is 6.92 Å². The lowest BCUT2D eigenvalue weighted by atomic mass is 10.1. The number of aryl methyl sites for hydroxylation is 1. The SMILES string of the molecule is C#CCC(CC)Nc1ncc(C(=O)O)c(C)n1. The van der Waals surface area contributed by atoms with E-state index in [1.807, 2.05) is 6.92 Å². The summed E-state index contributed by atoms with van der Waals surface area (Å²) >= 11 is 0. The van der Waals surface area contributed by atoms with Crippen LogP contribution < -0.4 is 5.32 Å². The van der Waals surface area contributed by atoms with Crippen LogP contribution in [0.15, 0.2) is 6.20 Å². The molecule has 0 aliphatic carbocycles.